The van der Waals surface area contributed by atoms with E-state index in [1.165, 1.54) is 7.11 Å². The number of nitrogens with one attached hydrogen (secondary N) is 2. The molecular weight excluding hydrogens is 296 g/mol. The Morgan fingerprint density at radius 3 is 2.48 bits per heavy atom. The summed E-state index contributed by atoms with van der Waals surface area (Å²) in [7, 11) is 1.25. The van der Waals surface area contributed by atoms with Crippen molar-refractivity contribution in [3.63, 3.8) is 0 Å². The molecule has 0 aliphatic heterocycles. The summed E-state index contributed by atoms with van der Waals surface area (Å²) in [5.74, 6) is 1.04. The Hall–Kier alpha value is -2.76. The van der Waals surface area contributed by atoms with Gasteiger partial charge in [-0.25, -0.2) is 4.79 Å². The van der Waals surface area contributed by atoms with E-state index in [2.05, 4.69) is 15.4 Å². The van der Waals surface area contributed by atoms with E-state index < -0.39 is 11.6 Å². The number of rotatable bonds is 5. The molecule has 2 aromatic rings. The first kappa shape index (κ1) is 16.6. The standard InChI is InChI=1S/C17H20N2O4/c1-17(2,19-16(21)22-3)15(20)18-11-13-9-10-14(23-13)12-7-5-4-6-8-12/h4-10H,11H2,1-3H3,(H,18,20)(H,19,21). The first-order chi connectivity index (χ1) is 10.9. The third-order valence-corrected chi connectivity index (χ3v) is 3.31. The van der Waals surface area contributed by atoms with Crippen LogP contribution in [-0.4, -0.2) is 24.6 Å². The average Bonchev–Trinajstić information content (AvgIpc) is 3.01. The molecule has 0 aliphatic rings. The molecule has 1 heterocycles. The van der Waals surface area contributed by atoms with E-state index in [-0.39, 0.29) is 12.5 Å². The van der Waals surface area contributed by atoms with Crippen molar-refractivity contribution in [2.75, 3.05) is 7.11 Å². The van der Waals surface area contributed by atoms with Gasteiger partial charge >= 0.3 is 6.09 Å². The molecule has 0 saturated carbocycles. The fourth-order valence-corrected chi connectivity index (χ4v) is 1.98. The van der Waals surface area contributed by atoms with Crippen LogP contribution in [0.1, 0.15) is 19.6 Å². The van der Waals surface area contributed by atoms with Gasteiger partial charge in [0.15, 0.2) is 0 Å². The lowest BCUT2D eigenvalue weighted by molar-refractivity contribution is -0.126. The molecule has 122 valence electrons. The Bertz CT molecular complexity index is 677. The molecule has 2 rings (SSSR count). The van der Waals surface area contributed by atoms with Crippen LogP contribution in [0.2, 0.25) is 0 Å². The topological polar surface area (TPSA) is 80.6 Å². The number of methoxy groups -OCH3 is 1. The molecule has 0 unspecified atom stereocenters. The fourth-order valence-electron chi connectivity index (χ4n) is 1.98. The van der Waals surface area contributed by atoms with Gasteiger partial charge in [-0.3, -0.25) is 4.79 Å². The van der Waals surface area contributed by atoms with Crippen LogP contribution in [-0.2, 0) is 16.1 Å². The molecular formula is C17H20N2O4. The summed E-state index contributed by atoms with van der Waals surface area (Å²) in [6.45, 7) is 3.42. The number of hydrogen-bond donors (Lipinski definition) is 2. The number of alkyl carbamates (subject to hydrolysis) is 1. The molecule has 0 spiro atoms. The molecule has 1 aromatic carbocycles. The number of amides is 2. The summed E-state index contributed by atoms with van der Waals surface area (Å²) < 4.78 is 10.2. The Morgan fingerprint density at radius 2 is 1.83 bits per heavy atom. The Labute approximate surface area is 134 Å². The summed E-state index contributed by atoms with van der Waals surface area (Å²) in [6.07, 6.45) is -0.658. The maximum Gasteiger partial charge on any atom is 0.407 e. The van der Waals surface area contributed by atoms with E-state index in [0.717, 1.165) is 11.3 Å². The van der Waals surface area contributed by atoms with Crippen LogP contribution in [0.15, 0.2) is 46.9 Å². The molecule has 6 nitrogen and oxygen atoms in total. The minimum atomic E-state index is -1.08. The highest BCUT2D eigenvalue weighted by Crippen LogP contribution is 2.21. The smallest absolute Gasteiger partial charge is 0.407 e. The first-order valence-corrected chi connectivity index (χ1v) is 7.21. The third-order valence-electron chi connectivity index (χ3n) is 3.31. The highest BCUT2D eigenvalue weighted by atomic mass is 16.5. The van der Waals surface area contributed by atoms with Gasteiger partial charge < -0.3 is 19.8 Å². The lowest BCUT2D eigenvalue weighted by Crippen LogP contribution is -2.54. The summed E-state index contributed by atoms with van der Waals surface area (Å²) in [5.41, 5.74) is -0.111. The Balaban J connectivity index is 1.95. The van der Waals surface area contributed by atoms with Crippen molar-refractivity contribution in [2.24, 2.45) is 0 Å². The van der Waals surface area contributed by atoms with Crippen molar-refractivity contribution in [1.29, 1.82) is 0 Å². The van der Waals surface area contributed by atoms with Gasteiger partial charge in [0.1, 0.15) is 17.1 Å². The zero-order valence-electron chi connectivity index (χ0n) is 13.4. The van der Waals surface area contributed by atoms with Gasteiger partial charge in [-0.15, -0.1) is 0 Å². The van der Waals surface area contributed by atoms with Crippen molar-refractivity contribution < 1.29 is 18.7 Å². The predicted octanol–water partition coefficient (Wildman–Crippen LogP) is 2.70. The summed E-state index contributed by atoms with van der Waals surface area (Å²) in [5, 5.41) is 5.20. The number of carbonyl (C=O) groups excluding carboxylic acids is 2. The normalized spacial score (nSPS) is 10.9. The Morgan fingerprint density at radius 1 is 1.13 bits per heavy atom. The van der Waals surface area contributed by atoms with Crippen molar-refractivity contribution in [1.82, 2.24) is 10.6 Å². The molecule has 0 fully saturated rings. The monoisotopic (exact) mass is 316 g/mol. The molecule has 0 atom stereocenters. The number of benzene rings is 1. The van der Waals surface area contributed by atoms with Crippen molar-refractivity contribution >= 4 is 12.0 Å². The van der Waals surface area contributed by atoms with Gasteiger partial charge in [-0.05, 0) is 26.0 Å². The van der Waals surface area contributed by atoms with Gasteiger partial charge in [0.25, 0.3) is 0 Å². The van der Waals surface area contributed by atoms with E-state index in [1.807, 2.05) is 42.5 Å². The Kier molecular flexibility index (Phi) is 5.05. The van der Waals surface area contributed by atoms with Crippen LogP contribution < -0.4 is 10.6 Å². The molecule has 0 aliphatic carbocycles. The number of furan rings is 1. The summed E-state index contributed by atoms with van der Waals surface area (Å²) >= 11 is 0. The maximum absolute atomic E-state index is 12.1. The van der Waals surface area contributed by atoms with Crippen LogP contribution in [0.3, 0.4) is 0 Å². The first-order valence-electron chi connectivity index (χ1n) is 7.21. The van der Waals surface area contributed by atoms with Crippen molar-refractivity contribution in [3.05, 3.63) is 48.2 Å². The number of ether oxygens (including phenoxy) is 1. The number of carbonyl (C=O) groups is 2. The second-order valence-corrected chi connectivity index (χ2v) is 5.56. The van der Waals surface area contributed by atoms with Crippen molar-refractivity contribution in [3.8, 4) is 11.3 Å². The van der Waals surface area contributed by atoms with Crippen LogP contribution in [0, 0.1) is 0 Å². The lowest BCUT2D eigenvalue weighted by Gasteiger charge is -2.23. The van der Waals surface area contributed by atoms with E-state index in [9.17, 15) is 9.59 Å². The van der Waals surface area contributed by atoms with Crippen molar-refractivity contribution in [2.45, 2.75) is 25.9 Å². The van der Waals surface area contributed by atoms with Gasteiger partial charge in [0.2, 0.25) is 5.91 Å². The molecule has 0 bridgehead atoms. The van der Waals surface area contributed by atoms with E-state index >= 15 is 0 Å². The van der Waals surface area contributed by atoms with Crippen LogP contribution in [0.5, 0.6) is 0 Å². The zero-order chi connectivity index (χ0) is 16.9. The van der Waals surface area contributed by atoms with Gasteiger partial charge in [-0.1, -0.05) is 30.3 Å². The second-order valence-electron chi connectivity index (χ2n) is 5.56. The lowest BCUT2D eigenvalue weighted by atomic mass is 10.1. The van der Waals surface area contributed by atoms with Crippen LogP contribution in [0.25, 0.3) is 11.3 Å². The highest BCUT2D eigenvalue weighted by molar-refractivity contribution is 5.88. The minimum absolute atomic E-state index is 0.234. The maximum atomic E-state index is 12.1. The quantitative estimate of drug-likeness (QED) is 0.888. The number of hydrogen-bond acceptors (Lipinski definition) is 4. The molecule has 6 heteroatoms. The van der Waals surface area contributed by atoms with E-state index in [4.69, 9.17) is 4.42 Å². The largest absolute Gasteiger partial charge is 0.459 e. The highest BCUT2D eigenvalue weighted by Gasteiger charge is 2.29. The van der Waals surface area contributed by atoms with Gasteiger partial charge in [0, 0.05) is 5.56 Å². The van der Waals surface area contributed by atoms with E-state index in [0.29, 0.717) is 5.76 Å². The second kappa shape index (κ2) is 7.00. The van der Waals surface area contributed by atoms with Crippen LogP contribution >= 0.6 is 0 Å². The average molecular weight is 316 g/mol. The minimum Gasteiger partial charge on any atom is -0.459 e. The molecule has 1 aromatic heterocycles. The fraction of sp³-hybridized carbons (Fsp3) is 0.294. The van der Waals surface area contributed by atoms with Gasteiger partial charge in [-0.2, -0.15) is 0 Å². The predicted molar refractivity (Wildman–Crippen MR) is 85.6 cm³/mol. The summed E-state index contributed by atoms with van der Waals surface area (Å²) in [4.78, 5) is 23.4. The molecule has 0 radical (unpaired) electrons. The van der Waals surface area contributed by atoms with Crippen LogP contribution in [0.4, 0.5) is 4.79 Å². The molecule has 2 amide bonds. The molecule has 23 heavy (non-hydrogen) atoms. The molecule has 0 saturated heterocycles. The molecule has 2 N–H and O–H groups in total. The summed E-state index contributed by atoms with van der Waals surface area (Å²) in [6, 6.07) is 13.4. The zero-order valence-corrected chi connectivity index (χ0v) is 13.4. The van der Waals surface area contributed by atoms with Gasteiger partial charge in [0.05, 0.1) is 13.7 Å². The third kappa shape index (κ3) is 4.35. The van der Waals surface area contributed by atoms with E-state index in [1.54, 1.807) is 13.8 Å². The SMILES string of the molecule is COC(=O)NC(C)(C)C(=O)NCc1ccc(-c2ccccc2)o1.